The molecule has 0 radical (unpaired) electrons. The van der Waals surface area contributed by atoms with Crippen LogP contribution in [0.4, 0.5) is 17.1 Å². The average molecular weight is 768 g/mol. The van der Waals surface area contributed by atoms with Gasteiger partial charge in [0.1, 0.15) is 5.82 Å². The van der Waals surface area contributed by atoms with Gasteiger partial charge in [0.2, 0.25) is 0 Å². The quantitative estimate of drug-likeness (QED) is 0.163. The van der Waals surface area contributed by atoms with Gasteiger partial charge >= 0.3 is 21.1 Å². The summed E-state index contributed by atoms with van der Waals surface area (Å²) in [5.74, 6) is 0.885. The van der Waals surface area contributed by atoms with Crippen molar-refractivity contribution in [3.8, 4) is 16.9 Å². The molecule has 0 fully saturated rings. The van der Waals surface area contributed by atoms with E-state index < -0.39 is 0 Å². The number of benzene rings is 5. The molecule has 0 spiro atoms. The van der Waals surface area contributed by atoms with Crippen LogP contribution in [0, 0.1) is 19.1 Å². The first-order valence-electron chi connectivity index (χ1n) is 14.4. The van der Waals surface area contributed by atoms with Crippen molar-refractivity contribution in [2.45, 2.75) is 16.7 Å². The van der Waals surface area contributed by atoms with Crippen LogP contribution >= 0.6 is 11.8 Å². The SMILES string of the molecule is Cc1ccccc1-c1ccnc(-n2c3[c-]c(Sc4[c-]c(N5CN(C)c6ccccc65)ccc4)ccc3c3ccccc32)c1.[Pt+2]. The minimum atomic E-state index is 0. The van der Waals surface area contributed by atoms with Crippen LogP contribution < -0.4 is 9.80 Å². The van der Waals surface area contributed by atoms with E-state index in [9.17, 15) is 0 Å². The van der Waals surface area contributed by atoms with Crippen molar-refractivity contribution in [2.24, 2.45) is 0 Å². The first-order chi connectivity index (χ1) is 21.1. The summed E-state index contributed by atoms with van der Waals surface area (Å²) in [4.78, 5) is 11.5. The minimum absolute atomic E-state index is 0. The summed E-state index contributed by atoms with van der Waals surface area (Å²) in [6, 6.07) is 48.0. The summed E-state index contributed by atoms with van der Waals surface area (Å²) >= 11 is 1.69. The van der Waals surface area contributed by atoms with Crippen LogP contribution in [0.1, 0.15) is 5.56 Å². The number of aryl methyl sites for hydroxylation is 1. The maximum absolute atomic E-state index is 4.85. The third kappa shape index (κ3) is 4.91. The molecule has 0 atom stereocenters. The van der Waals surface area contributed by atoms with Gasteiger partial charge in [0.05, 0.1) is 18.0 Å². The normalized spacial score (nSPS) is 12.5. The van der Waals surface area contributed by atoms with E-state index in [0.717, 1.165) is 49.9 Å². The second-order valence-corrected chi connectivity index (χ2v) is 12.0. The van der Waals surface area contributed by atoms with Gasteiger partial charge in [-0.1, -0.05) is 65.8 Å². The topological polar surface area (TPSA) is 24.3 Å². The predicted molar refractivity (Wildman–Crippen MR) is 179 cm³/mol. The van der Waals surface area contributed by atoms with E-state index in [2.05, 4.69) is 156 Å². The standard InChI is InChI=1S/C38H28N4S.Pt/c1-26-10-3-4-13-31(26)27-20-21-39-38(22-27)42-34-15-6-5-14-32(34)33-19-18-30(24-37(33)42)43-29-12-9-11-28(23-29)41-25-40(2)35-16-7-8-17-36(35)41;/h3-22H,25H2,1-2H3;/q-2;+2. The van der Waals surface area contributed by atoms with Crippen molar-refractivity contribution in [2.75, 3.05) is 23.5 Å². The van der Waals surface area contributed by atoms with Crippen LogP contribution in [-0.2, 0) is 21.1 Å². The molecular formula is C38H28N4PtS. The maximum atomic E-state index is 4.85. The fraction of sp³-hybridized carbons (Fsp3) is 0.0789. The Morgan fingerprint density at radius 2 is 1.50 bits per heavy atom. The number of para-hydroxylation sites is 3. The molecule has 1 aliphatic heterocycles. The number of aromatic nitrogens is 2. The van der Waals surface area contributed by atoms with Crippen LogP contribution in [0.15, 0.2) is 131 Å². The summed E-state index contributed by atoms with van der Waals surface area (Å²) in [5.41, 5.74) is 9.27. The molecule has 0 aliphatic carbocycles. The summed E-state index contributed by atoms with van der Waals surface area (Å²) in [6.07, 6.45) is 1.91. The fourth-order valence-electron chi connectivity index (χ4n) is 6.13. The molecule has 1 aliphatic rings. The maximum Gasteiger partial charge on any atom is 2.00 e. The van der Waals surface area contributed by atoms with E-state index in [1.54, 1.807) is 11.8 Å². The van der Waals surface area contributed by atoms with E-state index in [4.69, 9.17) is 4.98 Å². The molecule has 2 aromatic heterocycles. The molecule has 44 heavy (non-hydrogen) atoms. The number of anilines is 3. The van der Waals surface area contributed by atoms with Crippen LogP contribution in [0.5, 0.6) is 0 Å². The second-order valence-electron chi connectivity index (χ2n) is 10.9. The van der Waals surface area contributed by atoms with Crippen molar-refractivity contribution >= 4 is 50.6 Å². The number of pyridine rings is 1. The van der Waals surface area contributed by atoms with Gasteiger partial charge in [-0.15, -0.1) is 45.1 Å². The minimum Gasteiger partial charge on any atom is -0.355 e. The molecular weight excluding hydrogens is 740 g/mol. The molecule has 0 amide bonds. The summed E-state index contributed by atoms with van der Waals surface area (Å²) < 4.78 is 2.24. The molecule has 5 aromatic carbocycles. The Balaban J connectivity index is 0.00000312. The van der Waals surface area contributed by atoms with Crippen molar-refractivity contribution in [1.29, 1.82) is 0 Å². The van der Waals surface area contributed by atoms with Crippen LogP contribution in [0.25, 0.3) is 38.8 Å². The Morgan fingerprint density at radius 1 is 0.727 bits per heavy atom. The van der Waals surface area contributed by atoms with Crippen LogP contribution in [0.3, 0.4) is 0 Å². The van der Waals surface area contributed by atoms with Gasteiger partial charge in [-0.25, -0.2) is 4.98 Å². The van der Waals surface area contributed by atoms with Gasteiger partial charge in [0.25, 0.3) is 0 Å². The largest absolute Gasteiger partial charge is 2.00 e. The summed E-state index contributed by atoms with van der Waals surface area (Å²) in [5, 5.41) is 2.36. The van der Waals surface area contributed by atoms with Gasteiger partial charge in [-0.3, -0.25) is 0 Å². The molecule has 3 heterocycles. The molecule has 7 aromatic rings. The third-order valence-corrected chi connectivity index (χ3v) is 9.10. The summed E-state index contributed by atoms with van der Waals surface area (Å²) in [7, 11) is 2.13. The van der Waals surface area contributed by atoms with Crippen molar-refractivity contribution < 1.29 is 21.1 Å². The van der Waals surface area contributed by atoms with Crippen molar-refractivity contribution in [1.82, 2.24) is 9.55 Å². The van der Waals surface area contributed by atoms with Crippen molar-refractivity contribution in [3.05, 3.63) is 139 Å². The van der Waals surface area contributed by atoms with Gasteiger partial charge < -0.3 is 14.4 Å². The van der Waals surface area contributed by atoms with E-state index in [1.807, 2.05) is 6.20 Å². The zero-order chi connectivity index (χ0) is 28.9. The number of hydrogen-bond acceptors (Lipinski definition) is 4. The first kappa shape index (κ1) is 28.5. The average Bonchev–Trinajstić information content (AvgIpc) is 3.56. The predicted octanol–water partition coefficient (Wildman–Crippen LogP) is 9.45. The molecule has 0 bridgehead atoms. The van der Waals surface area contributed by atoms with Gasteiger partial charge in [-0.2, -0.15) is 24.3 Å². The Morgan fingerprint density at radius 3 is 2.39 bits per heavy atom. The van der Waals surface area contributed by atoms with Crippen molar-refractivity contribution in [3.63, 3.8) is 0 Å². The Bertz CT molecular complexity index is 2150. The smallest absolute Gasteiger partial charge is 0.355 e. The number of rotatable bonds is 5. The van der Waals surface area contributed by atoms with E-state index in [-0.39, 0.29) is 21.1 Å². The van der Waals surface area contributed by atoms with Crippen LogP contribution in [-0.4, -0.2) is 23.3 Å². The third-order valence-electron chi connectivity index (χ3n) is 8.19. The number of nitrogens with zero attached hydrogens (tertiary/aromatic N) is 4. The summed E-state index contributed by atoms with van der Waals surface area (Å²) in [6.45, 7) is 2.96. The molecule has 0 saturated carbocycles. The monoisotopic (exact) mass is 767 g/mol. The Hall–Kier alpha value is -4.31. The molecule has 8 rings (SSSR count). The van der Waals surface area contributed by atoms with Crippen LogP contribution in [0.2, 0.25) is 0 Å². The molecule has 6 heteroatoms. The fourth-order valence-corrected chi connectivity index (χ4v) is 6.96. The molecule has 216 valence electrons. The second kappa shape index (κ2) is 11.6. The van der Waals surface area contributed by atoms with Gasteiger partial charge in [0.15, 0.2) is 0 Å². The van der Waals surface area contributed by atoms with E-state index >= 15 is 0 Å². The Labute approximate surface area is 276 Å². The van der Waals surface area contributed by atoms with E-state index in [1.165, 1.54) is 27.9 Å². The van der Waals surface area contributed by atoms with Gasteiger partial charge in [0, 0.05) is 18.8 Å². The molecule has 0 unspecified atom stereocenters. The first-order valence-corrected chi connectivity index (χ1v) is 15.2. The van der Waals surface area contributed by atoms with E-state index in [0.29, 0.717) is 0 Å². The van der Waals surface area contributed by atoms with Gasteiger partial charge in [-0.05, 0) is 59.3 Å². The zero-order valence-electron chi connectivity index (χ0n) is 24.3. The molecule has 0 saturated heterocycles. The zero-order valence-corrected chi connectivity index (χ0v) is 27.4. The Kier molecular flexibility index (Phi) is 7.53. The number of fused-ring (bicyclic) bond motifs is 4. The number of hydrogen-bond donors (Lipinski definition) is 0. The molecule has 4 nitrogen and oxygen atoms in total. The molecule has 0 N–H and O–H groups in total.